The van der Waals surface area contributed by atoms with E-state index in [-0.39, 0.29) is 5.91 Å². The third-order valence-corrected chi connectivity index (χ3v) is 4.12. The van der Waals surface area contributed by atoms with Crippen LogP contribution in [0.3, 0.4) is 0 Å². The summed E-state index contributed by atoms with van der Waals surface area (Å²) in [5, 5.41) is 4.89. The molecule has 0 radical (unpaired) electrons. The van der Waals surface area contributed by atoms with Gasteiger partial charge < -0.3 is 4.74 Å². The Balaban J connectivity index is 1.73. The summed E-state index contributed by atoms with van der Waals surface area (Å²) in [5.41, 5.74) is 6.78. The zero-order chi connectivity index (χ0) is 19.4. The number of aromatic nitrogens is 1. The molecule has 0 saturated heterocycles. The molecule has 0 aliphatic heterocycles. The molecule has 1 amide bonds. The molecule has 1 aromatic heterocycles. The number of esters is 1. The Labute approximate surface area is 156 Å². The third-order valence-electron chi connectivity index (χ3n) is 4.12. The monoisotopic (exact) mass is 361 g/mol. The van der Waals surface area contributed by atoms with Crippen molar-refractivity contribution >= 4 is 29.0 Å². The molecule has 0 aliphatic rings. The number of amides is 1. The van der Waals surface area contributed by atoms with E-state index in [4.69, 9.17) is 0 Å². The van der Waals surface area contributed by atoms with Crippen LogP contribution in [0.15, 0.2) is 53.6 Å². The number of ether oxygens (including phenoxy) is 1. The van der Waals surface area contributed by atoms with Crippen molar-refractivity contribution in [1.82, 2.24) is 10.4 Å². The van der Waals surface area contributed by atoms with Crippen molar-refractivity contribution in [2.24, 2.45) is 5.10 Å². The number of nitrogens with zero attached hydrogens (tertiary/aromatic N) is 2. The second kappa shape index (κ2) is 7.78. The van der Waals surface area contributed by atoms with Crippen LogP contribution in [-0.4, -0.2) is 30.2 Å². The molecule has 3 aromatic rings. The highest BCUT2D eigenvalue weighted by Crippen LogP contribution is 2.18. The molecule has 0 aliphatic carbocycles. The van der Waals surface area contributed by atoms with Gasteiger partial charge in [0, 0.05) is 5.39 Å². The van der Waals surface area contributed by atoms with E-state index < -0.39 is 5.97 Å². The maximum Gasteiger partial charge on any atom is 0.337 e. The third kappa shape index (κ3) is 4.17. The van der Waals surface area contributed by atoms with Gasteiger partial charge in [-0.2, -0.15) is 5.10 Å². The van der Waals surface area contributed by atoms with Gasteiger partial charge in [0.05, 0.1) is 35.7 Å². The van der Waals surface area contributed by atoms with Crippen LogP contribution >= 0.6 is 0 Å². The fourth-order valence-corrected chi connectivity index (χ4v) is 2.67. The molecule has 0 unspecified atom stereocenters. The van der Waals surface area contributed by atoms with Crippen molar-refractivity contribution < 1.29 is 14.3 Å². The van der Waals surface area contributed by atoms with E-state index in [2.05, 4.69) is 20.2 Å². The minimum atomic E-state index is -0.402. The molecule has 0 bridgehead atoms. The van der Waals surface area contributed by atoms with E-state index in [0.717, 1.165) is 22.0 Å². The second-order valence-electron chi connectivity index (χ2n) is 6.13. The zero-order valence-electron chi connectivity index (χ0n) is 15.3. The normalized spacial score (nSPS) is 10.9. The lowest BCUT2D eigenvalue weighted by molar-refractivity contribution is 0.0600. The number of pyridine rings is 1. The molecule has 0 saturated carbocycles. The standard InChI is InChI=1S/C21H19N3O3/c1-13-4-9-19-17(10-13)11-18(14(2)23-19)20(25)24-22-12-15-5-7-16(8-6-15)21(26)27-3/h4-12H,1-3H3,(H,24,25)/b22-12-. The summed E-state index contributed by atoms with van der Waals surface area (Å²) >= 11 is 0. The van der Waals surface area contributed by atoms with E-state index in [1.54, 1.807) is 31.2 Å². The maximum atomic E-state index is 12.4. The number of hydrogen-bond donors (Lipinski definition) is 1. The SMILES string of the molecule is COC(=O)c1ccc(/C=N\NC(=O)c2cc3cc(C)ccc3nc2C)cc1. The molecule has 27 heavy (non-hydrogen) atoms. The Hall–Kier alpha value is -3.54. The molecule has 1 N–H and O–H groups in total. The fraction of sp³-hybridized carbons (Fsp3) is 0.143. The van der Waals surface area contributed by atoms with Gasteiger partial charge in [-0.3, -0.25) is 9.78 Å². The Morgan fingerprint density at radius 3 is 2.52 bits per heavy atom. The van der Waals surface area contributed by atoms with Gasteiger partial charge in [0.1, 0.15) is 0 Å². The van der Waals surface area contributed by atoms with Crippen LogP contribution < -0.4 is 5.43 Å². The number of nitrogens with one attached hydrogen (secondary N) is 1. The van der Waals surface area contributed by atoms with Gasteiger partial charge in [-0.05, 0) is 49.7 Å². The van der Waals surface area contributed by atoms with Gasteiger partial charge >= 0.3 is 5.97 Å². The van der Waals surface area contributed by atoms with Gasteiger partial charge in [-0.25, -0.2) is 10.2 Å². The van der Waals surface area contributed by atoms with Gasteiger partial charge in [0.15, 0.2) is 0 Å². The first kappa shape index (κ1) is 18.3. The highest BCUT2D eigenvalue weighted by molar-refractivity contribution is 5.99. The van der Waals surface area contributed by atoms with E-state index in [9.17, 15) is 9.59 Å². The van der Waals surface area contributed by atoms with Crippen LogP contribution in [0.1, 0.15) is 37.5 Å². The van der Waals surface area contributed by atoms with Gasteiger partial charge in [-0.15, -0.1) is 0 Å². The maximum absolute atomic E-state index is 12.4. The molecule has 0 atom stereocenters. The molecule has 0 fully saturated rings. The van der Waals surface area contributed by atoms with E-state index >= 15 is 0 Å². The minimum absolute atomic E-state index is 0.328. The number of methoxy groups -OCH3 is 1. The van der Waals surface area contributed by atoms with Crippen molar-refractivity contribution in [3.63, 3.8) is 0 Å². The van der Waals surface area contributed by atoms with Crippen molar-refractivity contribution in [2.45, 2.75) is 13.8 Å². The van der Waals surface area contributed by atoms with Crippen LogP contribution in [0.4, 0.5) is 0 Å². The lowest BCUT2D eigenvalue weighted by Crippen LogP contribution is -2.19. The average molecular weight is 361 g/mol. The second-order valence-corrected chi connectivity index (χ2v) is 6.13. The number of fused-ring (bicyclic) bond motifs is 1. The Bertz CT molecular complexity index is 1040. The number of carbonyl (C=O) groups is 2. The highest BCUT2D eigenvalue weighted by Gasteiger charge is 2.11. The lowest BCUT2D eigenvalue weighted by atomic mass is 10.1. The van der Waals surface area contributed by atoms with Crippen LogP contribution in [0.2, 0.25) is 0 Å². The first-order valence-electron chi connectivity index (χ1n) is 8.38. The van der Waals surface area contributed by atoms with Crippen molar-refractivity contribution in [3.05, 3.63) is 76.5 Å². The van der Waals surface area contributed by atoms with Crippen molar-refractivity contribution in [3.8, 4) is 0 Å². The average Bonchev–Trinajstić information content (AvgIpc) is 2.67. The summed E-state index contributed by atoms with van der Waals surface area (Å²) in [6.45, 7) is 3.79. The van der Waals surface area contributed by atoms with E-state index in [1.807, 2.05) is 31.2 Å². The van der Waals surface area contributed by atoms with Gasteiger partial charge in [0.25, 0.3) is 5.91 Å². The molecule has 2 aromatic carbocycles. The highest BCUT2D eigenvalue weighted by atomic mass is 16.5. The number of hydrazone groups is 1. The quantitative estimate of drug-likeness (QED) is 0.439. The number of hydrogen-bond acceptors (Lipinski definition) is 5. The number of carbonyl (C=O) groups excluding carboxylic acids is 2. The first-order valence-corrected chi connectivity index (χ1v) is 8.38. The predicted octanol–water partition coefficient (Wildman–Crippen LogP) is 3.40. The van der Waals surface area contributed by atoms with Gasteiger partial charge in [-0.1, -0.05) is 23.8 Å². The number of rotatable bonds is 4. The Morgan fingerprint density at radius 2 is 1.81 bits per heavy atom. The van der Waals surface area contributed by atoms with E-state index in [1.165, 1.54) is 13.3 Å². The summed E-state index contributed by atoms with van der Waals surface area (Å²) in [4.78, 5) is 28.3. The summed E-state index contributed by atoms with van der Waals surface area (Å²) < 4.78 is 4.65. The Kier molecular flexibility index (Phi) is 5.26. The summed E-state index contributed by atoms with van der Waals surface area (Å²) in [6.07, 6.45) is 1.51. The lowest BCUT2D eigenvalue weighted by Gasteiger charge is -2.07. The summed E-state index contributed by atoms with van der Waals surface area (Å²) in [7, 11) is 1.33. The number of benzene rings is 2. The molecule has 1 heterocycles. The van der Waals surface area contributed by atoms with E-state index in [0.29, 0.717) is 16.8 Å². The summed E-state index contributed by atoms with van der Waals surface area (Å²) in [5.74, 6) is -0.729. The van der Waals surface area contributed by atoms with Crippen LogP contribution in [-0.2, 0) is 4.74 Å². The van der Waals surface area contributed by atoms with Crippen LogP contribution in [0.5, 0.6) is 0 Å². The van der Waals surface area contributed by atoms with Crippen molar-refractivity contribution in [2.75, 3.05) is 7.11 Å². The first-order chi connectivity index (χ1) is 13.0. The molecule has 136 valence electrons. The number of aryl methyl sites for hydroxylation is 2. The molecule has 6 heteroatoms. The topological polar surface area (TPSA) is 80.6 Å². The summed E-state index contributed by atoms with van der Waals surface area (Å²) in [6, 6.07) is 14.4. The molecule has 0 spiro atoms. The van der Waals surface area contributed by atoms with Crippen LogP contribution in [0, 0.1) is 13.8 Å². The minimum Gasteiger partial charge on any atom is -0.465 e. The molecular formula is C21H19N3O3. The van der Waals surface area contributed by atoms with Crippen molar-refractivity contribution in [1.29, 1.82) is 0 Å². The fourth-order valence-electron chi connectivity index (χ4n) is 2.67. The Morgan fingerprint density at radius 1 is 1.07 bits per heavy atom. The zero-order valence-corrected chi connectivity index (χ0v) is 15.3. The molecule has 3 rings (SSSR count). The largest absolute Gasteiger partial charge is 0.465 e. The van der Waals surface area contributed by atoms with Crippen LogP contribution in [0.25, 0.3) is 10.9 Å². The van der Waals surface area contributed by atoms with Gasteiger partial charge in [0.2, 0.25) is 0 Å². The predicted molar refractivity (Wildman–Crippen MR) is 104 cm³/mol. The molecule has 6 nitrogen and oxygen atoms in total. The molecular weight excluding hydrogens is 342 g/mol. The smallest absolute Gasteiger partial charge is 0.337 e.